The molecule has 0 aliphatic heterocycles. The molecule has 0 aliphatic rings. The van der Waals surface area contributed by atoms with Crippen molar-refractivity contribution < 1.29 is 0 Å². The van der Waals surface area contributed by atoms with Crippen molar-refractivity contribution in [3.63, 3.8) is 0 Å². The Morgan fingerprint density at radius 1 is 0.245 bits per heavy atom. The van der Waals surface area contributed by atoms with Crippen molar-refractivity contribution >= 4 is 74.6 Å². The lowest BCUT2D eigenvalue weighted by molar-refractivity contribution is 1.63. The third-order valence-electron chi connectivity index (χ3n) is 11.1. The van der Waals surface area contributed by atoms with E-state index in [2.05, 4.69) is 194 Å². The largest absolute Gasteiger partial charge is 0.135 e. The first-order valence-corrected chi connectivity index (χ1v) is 19.1. The maximum atomic E-state index is 2.36. The van der Waals surface area contributed by atoms with Gasteiger partial charge in [-0.15, -0.1) is 11.3 Å². The molecule has 246 valence electrons. The molecule has 0 radical (unpaired) electrons. The summed E-state index contributed by atoms with van der Waals surface area (Å²) < 4.78 is 2.65. The molecule has 0 saturated heterocycles. The predicted molar refractivity (Wildman–Crippen MR) is 231 cm³/mol. The van der Waals surface area contributed by atoms with Crippen LogP contribution in [0.4, 0.5) is 0 Å². The third-order valence-corrected chi connectivity index (χ3v) is 12.3. The van der Waals surface area contributed by atoms with E-state index in [0.717, 1.165) is 0 Å². The monoisotopic (exact) mass is 688 g/mol. The van der Waals surface area contributed by atoms with Gasteiger partial charge >= 0.3 is 0 Å². The molecule has 11 aromatic rings. The van der Waals surface area contributed by atoms with Crippen LogP contribution in [0, 0.1) is 0 Å². The standard InChI is InChI=1S/C52H32S/c1-3-19-35-33(15-1)17-11-26-37(35)38-21-5-6-23-41(38)50-43-25-8-7-24-42(43)49(40-27-12-18-34-16-2-4-20-36(34)40)47-31-13-28-44(51(47)50)46-30-14-29-45-39-22-9-10-32-48(39)53-52(45)46/h1-32H. The van der Waals surface area contributed by atoms with Gasteiger partial charge in [-0.1, -0.05) is 188 Å². The number of hydrogen-bond donors (Lipinski definition) is 0. The molecule has 0 unspecified atom stereocenters. The van der Waals surface area contributed by atoms with E-state index in [-0.39, 0.29) is 0 Å². The fourth-order valence-electron chi connectivity index (χ4n) is 8.82. The van der Waals surface area contributed by atoms with Crippen molar-refractivity contribution in [3.05, 3.63) is 194 Å². The highest BCUT2D eigenvalue weighted by molar-refractivity contribution is 7.26. The van der Waals surface area contributed by atoms with E-state index in [4.69, 9.17) is 0 Å². The van der Waals surface area contributed by atoms with E-state index in [9.17, 15) is 0 Å². The molecule has 1 heteroatoms. The van der Waals surface area contributed by atoms with Crippen LogP contribution in [0.1, 0.15) is 0 Å². The molecule has 53 heavy (non-hydrogen) atoms. The second kappa shape index (κ2) is 12.0. The number of fused-ring (bicyclic) bond motifs is 7. The van der Waals surface area contributed by atoms with Crippen LogP contribution >= 0.6 is 11.3 Å². The second-order valence-corrected chi connectivity index (χ2v) is 15.0. The first-order chi connectivity index (χ1) is 26.3. The molecule has 1 aromatic heterocycles. The topological polar surface area (TPSA) is 0 Å². The number of rotatable bonds is 4. The van der Waals surface area contributed by atoms with Crippen LogP contribution in [0.5, 0.6) is 0 Å². The van der Waals surface area contributed by atoms with Crippen molar-refractivity contribution in [2.45, 2.75) is 0 Å². The fraction of sp³-hybridized carbons (Fsp3) is 0. The Labute approximate surface area is 311 Å². The lowest BCUT2D eigenvalue weighted by Crippen LogP contribution is -1.95. The van der Waals surface area contributed by atoms with Gasteiger partial charge in [0.2, 0.25) is 0 Å². The molecule has 0 aliphatic carbocycles. The average Bonchev–Trinajstić information content (AvgIpc) is 3.61. The van der Waals surface area contributed by atoms with Gasteiger partial charge in [0.1, 0.15) is 0 Å². The van der Waals surface area contributed by atoms with Gasteiger partial charge in [0.05, 0.1) is 0 Å². The van der Waals surface area contributed by atoms with Gasteiger partial charge in [0, 0.05) is 25.7 Å². The highest BCUT2D eigenvalue weighted by atomic mass is 32.1. The lowest BCUT2D eigenvalue weighted by Gasteiger charge is -2.23. The fourth-order valence-corrected chi connectivity index (χ4v) is 10.1. The minimum atomic E-state index is 1.24. The highest BCUT2D eigenvalue weighted by Gasteiger charge is 2.23. The zero-order chi connectivity index (χ0) is 34.9. The van der Waals surface area contributed by atoms with E-state index >= 15 is 0 Å². The van der Waals surface area contributed by atoms with Crippen molar-refractivity contribution in [2.24, 2.45) is 0 Å². The van der Waals surface area contributed by atoms with Crippen molar-refractivity contribution in [3.8, 4) is 44.5 Å². The Kier molecular flexibility index (Phi) is 6.83. The van der Waals surface area contributed by atoms with E-state index < -0.39 is 0 Å². The third kappa shape index (κ3) is 4.61. The Hall–Kier alpha value is -6.54. The Balaban J connectivity index is 1.35. The maximum Gasteiger partial charge on any atom is 0.0434 e. The zero-order valence-corrected chi connectivity index (χ0v) is 29.7. The number of benzene rings is 10. The van der Waals surface area contributed by atoms with Gasteiger partial charge in [0.15, 0.2) is 0 Å². The van der Waals surface area contributed by atoms with Gasteiger partial charge in [-0.25, -0.2) is 0 Å². The molecule has 0 bridgehead atoms. The molecular weight excluding hydrogens is 657 g/mol. The number of thiophene rings is 1. The number of hydrogen-bond acceptors (Lipinski definition) is 1. The summed E-state index contributed by atoms with van der Waals surface area (Å²) in [5, 5.41) is 12.7. The molecular formula is C52H32S. The van der Waals surface area contributed by atoms with Crippen LogP contribution in [-0.2, 0) is 0 Å². The SMILES string of the molecule is c1ccc(-c2c3ccccc3c(-c3cccc4ccccc34)c3cccc(-c4cccc5c4sc4ccccc45)c23)c(-c2cccc3ccccc23)c1. The summed E-state index contributed by atoms with van der Waals surface area (Å²) >= 11 is 1.90. The molecule has 1 heterocycles. The van der Waals surface area contributed by atoms with E-state index in [1.165, 1.54) is 108 Å². The molecule has 0 nitrogen and oxygen atoms in total. The van der Waals surface area contributed by atoms with Gasteiger partial charge in [-0.2, -0.15) is 0 Å². The van der Waals surface area contributed by atoms with Crippen molar-refractivity contribution in [1.29, 1.82) is 0 Å². The maximum absolute atomic E-state index is 2.36. The minimum absolute atomic E-state index is 1.24. The molecule has 0 atom stereocenters. The summed E-state index contributed by atoms with van der Waals surface area (Å²) in [7, 11) is 0. The van der Waals surface area contributed by atoms with Gasteiger partial charge in [-0.3, -0.25) is 0 Å². The Morgan fingerprint density at radius 2 is 0.698 bits per heavy atom. The van der Waals surface area contributed by atoms with E-state index in [1.54, 1.807) is 0 Å². The van der Waals surface area contributed by atoms with Gasteiger partial charge in [0.25, 0.3) is 0 Å². The van der Waals surface area contributed by atoms with Crippen LogP contribution in [0.2, 0.25) is 0 Å². The molecule has 10 aromatic carbocycles. The summed E-state index contributed by atoms with van der Waals surface area (Å²) in [4.78, 5) is 0. The first-order valence-electron chi connectivity index (χ1n) is 18.3. The minimum Gasteiger partial charge on any atom is -0.135 e. The van der Waals surface area contributed by atoms with Crippen LogP contribution in [0.25, 0.3) is 108 Å². The predicted octanol–water partition coefficient (Wildman–Crippen LogP) is 15.3. The molecule has 0 amide bonds. The molecule has 0 spiro atoms. The van der Waals surface area contributed by atoms with Gasteiger partial charge in [-0.05, 0) is 88.1 Å². The summed E-state index contributed by atoms with van der Waals surface area (Å²) in [5.74, 6) is 0. The van der Waals surface area contributed by atoms with Crippen molar-refractivity contribution in [2.75, 3.05) is 0 Å². The van der Waals surface area contributed by atoms with E-state index in [1.807, 2.05) is 11.3 Å². The van der Waals surface area contributed by atoms with Crippen LogP contribution in [-0.4, -0.2) is 0 Å². The molecule has 0 fully saturated rings. The zero-order valence-electron chi connectivity index (χ0n) is 28.9. The van der Waals surface area contributed by atoms with E-state index in [0.29, 0.717) is 0 Å². The highest BCUT2D eigenvalue weighted by Crippen LogP contribution is 2.51. The first kappa shape index (κ1) is 30.1. The average molecular weight is 689 g/mol. The van der Waals surface area contributed by atoms with Crippen LogP contribution in [0.15, 0.2) is 194 Å². The Bertz CT molecular complexity index is 3220. The van der Waals surface area contributed by atoms with Crippen molar-refractivity contribution in [1.82, 2.24) is 0 Å². The summed E-state index contributed by atoms with van der Waals surface area (Å²) in [6.45, 7) is 0. The molecule has 0 N–H and O–H groups in total. The Morgan fingerprint density at radius 3 is 1.45 bits per heavy atom. The van der Waals surface area contributed by atoms with Crippen LogP contribution < -0.4 is 0 Å². The lowest BCUT2D eigenvalue weighted by atomic mass is 9.80. The summed E-state index contributed by atoms with van der Waals surface area (Å²) in [5.41, 5.74) is 10.1. The summed E-state index contributed by atoms with van der Waals surface area (Å²) in [6.07, 6.45) is 0. The van der Waals surface area contributed by atoms with Crippen LogP contribution in [0.3, 0.4) is 0 Å². The van der Waals surface area contributed by atoms with Gasteiger partial charge < -0.3 is 0 Å². The quantitative estimate of drug-likeness (QED) is 0.162. The molecule has 0 saturated carbocycles. The smallest absolute Gasteiger partial charge is 0.0434 e. The second-order valence-electron chi connectivity index (χ2n) is 13.9. The normalized spacial score (nSPS) is 11.8. The summed E-state index contributed by atoms with van der Waals surface area (Å²) in [6, 6.07) is 71.8. The molecule has 11 rings (SSSR count).